The van der Waals surface area contributed by atoms with Gasteiger partial charge in [-0.3, -0.25) is 0 Å². The molecule has 0 aliphatic carbocycles. The third-order valence-corrected chi connectivity index (χ3v) is 21.0. The number of carbonyl (C=O) groups is 1. The van der Waals surface area contributed by atoms with Gasteiger partial charge in [-0.2, -0.15) is 0 Å². The summed E-state index contributed by atoms with van der Waals surface area (Å²) in [5.74, 6) is -4.58. The lowest BCUT2D eigenvalue weighted by Crippen LogP contribution is -2.72. The number of hydrogen-bond acceptors (Lipinski definition) is 9. The summed E-state index contributed by atoms with van der Waals surface area (Å²) in [6.45, 7) is 14.1. The molecular formula is C62H74O9Si. The fourth-order valence-corrected chi connectivity index (χ4v) is 17.1. The van der Waals surface area contributed by atoms with E-state index in [1.165, 1.54) is 10.4 Å². The van der Waals surface area contributed by atoms with Crippen molar-refractivity contribution in [2.75, 3.05) is 6.61 Å². The van der Waals surface area contributed by atoms with Gasteiger partial charge in [0.25, 0.3) is 14.1 Å². The molecule has 5 aromatic carbocycles. The summed E-state index contributed by atoms with van der Waals surface area (Å²) in [5.41, 5.74) is 2.87. The first-order valence-electron chi connectivity index (χ1n) is 26.6. The van der Waals surface area contributed by atoms with Crippen molar-refractivity contribution in [2.45, 2.75) is 171 Å². The Bertz CT molecular complexity index is 2570. The Morgan fingerprint density at radius 3 is 1.76 bits per heavy atom. The Labute approximate surface area is 428 Å². The van der Waals surface area contributed by atoms with E-state index in [1.807, 2.05) is 61.5 Å². The van der Waals surface area contributed by atoms with Gasteiger partial charge in [0.15, 0.2) is 5.60 Å². The predicted octanol–water partition coefficient (Wildman–Crippen LogP) is 12.4. The van der Waals surface area contributed by atoms with Crippen molar-refractivity contribution in [1.29, 1.82) is 0 Å². The first kappa shape index (κ1) is 50.8. The van der Waals surface area contributed by atoms with Crippen LogP contribution in [0.4, 0.5) is 0 Å². The van der Waals surface area contributed by atoms with E-state index in [0.29, 0.717) is 45.3 Å². The van der Waals surface area contributed by atoms with Crippen molar-refractivity contribution in [3.05, 3.63) is 180 Å². The molecule has 4 saturated heterocycles. The summed E-state index contributed by atoms with van der Waals surface area (Å²) in [6, 6.07) is 52.3. The van der Waals surface area contributed by atoms with Crippen LogP contribution < -0.4 is 10.4 Å². The van der Waals surface area contributed by atoms with Gasteiger partial charge in [-0.05, 0) is 97.0 Å². The van der Waals surface area contributed by atoms with Crippen LogP contribution in [0, 0.1) is 5.92 Å². The second-order valence-electron chi connectivity index (χ2n) is 22.4. The van der Waals surface area contributed by atoms with E-state index >= 15 is 0 Å². The van der Waals surface area contributed by atoms with Crippen LogP contribution >= 0.6 is 0 Å². The number of fused-ring (bicyclic) bond motifs is 1. The van der Waals surface area contributed by atoms with Gasteiger partial charge in [0, 0.05) is 31.8 Å². The van der Waals surface area contributed by atoms with Crippen molar-refractivity contribution in [2.24, 2.45) is 5.92 Å². The van der Waals surface area contributed by atoms with Crippen LogP contribution in [0.5, 0.6) is 0 Å². The smallest absolute Gasteiger partial charge is 0.341 e. The molecule has 72 heavy (non-hydrogen) atoms. The highest BCUT2D eigenvalue weighted by Crippen LogP contribution is 2.57. The van der Waals surface area contributed by atoms with Crippen LogP contribution in [-0.4, -0.2) is 62.2 Å². The van der Waals surface area contributed by atoms with Crippen molar-refractivity contribution >= 4 is 24.7 Å². The van der Waals surface area contributed by atoms with Crippen molar-refractivity contribution in [3.8, 4) is 0 Å². The van der Waals surface area contributed by atoms with E-state index in [2.05, 4.69) is 138 Å². The lowest BCUT2D eigenvalue weighted by molar-refractivity contribution is -0.474. The number of benzene rings is 5. The standard InChI is InChI=1S/C62H74O9Si/c1-45-40-55(46(2)43-65-72(58(3,4)5,51-30-18-10-19-31-51)52-32-20-11-21-33-52)67-60(41-45)56(64-44-47-24-12-7-13-25-47)37-36-50(66-60)42-59(6)57(63)70-61(38-22-34-53(68-61)48-26-14-8-15-27-48)62(71-59)39-23-35-54(69-62)49-28-16-9-17-29-49/h7-21,24-33,41,46,50,53-56H,22-23,34-40,42-44H2,1-6H3/t46-,50+,53-,54+,55+,56-,59-,60-,61+,62+/m1/s1. The lowest BCUT2D eigenvalue weighted by Gasteiger charge is -2.59. The molecule has 380 valence electrons. The third-order valence-electron chi connectivity index (χ3n) is 16.0. The fourth-order valence-electron chi connectivity index (χ4n) is 12.4. The topological polar surface area (TPSA) is 90.9 Å². The van der Waals surface area contributed by atoms with Gasteiger partial charge in [0.1, 0.15) is 6.10 Å². The van der Waals surface area contributed by atoms with Gasteiger partial charge in [-0.15, -0.1) is 0 Å². The van der Waals surface area contributed by atoms with Gasteiger partial charge in [0.05, 0.1) is 31.0 Å². The van der Waals surface area contributed by atoms with Crippen LogP contribution in [0.3, 0.4) is 0 Å². The van der Waals surface area contributed by atoms with Crippen molar-refractivity contribution in [3.63, 3.8) is 0 Å². The quantitative estimate of drug-likeness (QED) is 0.0650. The normalized spacial score (nSPS) is 31.5. The molecule has 5 heterocycles. The number of carbonyl (C=O) groups excluding carboxylic acids is 1. The minimum Gasteiger partial charge on any atom is -0.425 e. The largest absolute Gasteiger partial charge is 0.425 e. The summed E-state index contributed by atoms with van der Waals surface area (Å²) in [5, 5.41) is 2.31. The maximum absolute atomic E-state index is 15.0. The molecule has 5 aromatic rings. The molecule has 10 rings (SSSR count). The molecule has 0 unspecified atom stereocenters. The molecular weight excluding hydrogens is 917 g/mol. The molecule has 5 aliphatic rings. The zero-order valence-electron chi connectivity index (χ0n) is 43.1. The summed E-state index contributed by atoms with van der Waals surface area (Å²) in [4.78, 5) is 15.0. The van der Waals surface area contributed by atoms with Crippen LogP contribution in [0.15, 0.2) is 163 Å². The minimum atomic E-state index is -2.84. The molecule has 4 fully saturated rings. The third kappa shape index (κ3) is 9.98. The zero-order chi connectivity index (χ0) is 50.0. The van der Waals surface area contributed by atoms with Crippen LogP contribution in [0.25, 0.3) is 0 Å². The summed E-state index contributed by atoms with van der Waals surface area (Å²) in [7, 11) is -2.84. The number of ether oxygens (including phenoxy) is 7. The maximum atomic E-state index is 15.0. The predicted molar refractivity (Wildman–Crippen MR) is 282 cm³/mol. The van der Waals surface area contributed by atoms with Gasteiger partial charge in [0.2, 0.25) is 11.6 Å². The number of rotatable bonds is 13. The van der Waals surface area contributed by atoms with Gasteiger partial charge in [-0.25, -0.2) is 4.79 Å². The highest BCUT2D eigenvalue weighted by molar-refractivity contribution is 6.99. The van der Waals surface area contributed by atoms with Crippen molar-refractivity contribution < 1.29 is 42.4 Å². The molecule has 0 bridgehead atoms. The summed E-state index contributed by atoms with van der Waals surface area (Å²) < 4.78 is 57.8. The molecule has 5 aliphatic heterocycles. The van der Waals surface area contributed by atoms with Gasteiger partial charge >= 0.3 is 5.97 Å². The van der Waals surface area contributed by atoms with E-state index < -0.39 is 49.5 Å². The molecule has 0 radical (unpaired) electrons. The highest BCUT2D eigenvalue weighted by Gasteiger charge is 2.70. The second kappa shape index (κ2) is 20.9. The van der Waals surface area contributed by atoms with E-state index in [-0.39, 0.29) is 35.7 Å². The molecule has 0 aromatic heterocycles. The number of esters is 1. The van der Waals surface area contributed by atoms with Crippen LogP contribution in [0.1, 0.15) is 135 Å². The molecule has 0 saturated carbocycles. The van der Waals surface area contributed by atoms with Crippen molar-refractivity contribution in [1.82, 2.24) is 0 Å². The Balaban J connectivity index is 0.945. The highest BCUT2D eigenvalue weighted by atomic mass is 28.4. The molecule has 9 nitrogen and oxygen atoms in total. The summed E-state index contributed by atoms with van der Waals surface area (Å²) in [6.07, 6.45) is 6.73. The van der Waals surface area contributed by atoms with Crippen LogP contribution in [-0.2, 0) is 49.0 Å². The molecule has 3 spiro atoms. The zero-order valence-corrected chi connectivity index (χ0v) is 44.1. The van der Waals surface area contributed by atoms with Gasteiger partial charge < -0.3 is 37.6 Å². The second-order valence-corrected chi connectivity index (χ2v) is 26.7. The lowest BCUT2D eigenvalue weighted by atomic mass is 9.82. The molecule has 0 N–H and O–H groups in total. The Hall–Kier alpha value is -4.75. The maximum Gasteiger partial charge on any atom is 0.341 e. The van der Waals surface area contributed by atoms with E-state index in [1.54, 1.807) is 0 Å². The molecule has 0 amide bonds. The Morgan fingerprint density at radius 1 is 0.667 bits per heavy atom. The fraction of sp³-hybridized carbons (Fsp3) is 0.468. The SMILES string of the molecule is CC1=C[C@@]2(O[C@H](C[C@@]3(C)O[C@@]4(CCC[C@@H](c5ccccc5)O4)[C@]4(CCC[C@H](c5ccccc5)O4)OC3=O)CC[C@H]2OCc2ccccc2)O[C@H]([C@H](C)CO[Si](c2ccccc2)(c2ccccc2)C(C)(C)C)C1. The molecule has 10 atom stereocenters. The molecule has 10 heteroatoms. The number of hydrogen-bond donors (Lipinski definition) is 0. The van der Waals surface area contributed by atoms with Gasteiger partial charge in [-0.1, -0.05) is 185 Å². The average molecular weight is 991 g/mol. The first-order chi connectivity index (χ1) is 34.7. The Morgan fingerprint density at radius 2 is 1.19 bits per heavy atom. The van der Waals surface area contributed by atoms with E-state index in [9.17, 15) is 4.79 Å². The minimum absolute atomic E-state index is 0.0210. The summed E-state index contributed by atoms with van der Waals surface area (Å²) >= 11 is 0. The Kier molecular flexibility index (Phi) is 14.7. The average Bonchev–Trinajstić information content (AvgIpc) is 3.39. The van der Waals surface area contributed by atoms with E-state index in [0.717, 1.165) is 47.9 Å². The first-order valence-corrected chi connectivity index (χ1v) is 28.5. The monoisotopic (exact) mass is 991 g/mol. The van der Waals surface area contributed by atoms with E-state index in [4.69, 9.17) is 37.6 Å². The van der Waals surface area contributed by atoms with Crippen LogP contribution in [0.2, 0.25) is 5.04 Å².